The Morgan fingerprint density at radius 3 is 3.27 bits per heavy atom. The summed E-state index contributed by atoms with van der Waals surface area (Å²) in [5.74, 6) is 3.60. The molecule has 1 saturated heterocycles. The van der Waals surface area contributed by atoms with Crippen LogP contribution in [0.3, 0.4) is 0 Å². The van der Waals surface area contributed by atoms with Crippen molar-refractivity contribution in [3.63, 3.8) is 0 Å². The smallest absolute Gasteiger partial charge is 0.0818 e. The van der Waals surface area contributed by atoms with E-state index in [1.165, 1.54) is 12.8 Å². The van der Waals surface area contributed by atoms with E-state index in [4.69, 9.17) is 4.74 Å². The van der Waals surface area contributed by atoms with Gasteiger partial charge in [-0.25, -0.2) is 0 Å². The molecule has 5 atom stereocenters. The molecule has 1 spiro atoms. The SMILES string of the molecule is C1=CC2C3C1CC1CCOC123. The molecule has 11 heavy (non-hydrogen) atoms. The monoisotopic (exact) mass is 148 g/mol. The minimum Gasteiger partial charge on any atom is -0.374 e. The van der Waals surface area contributed by atoms with Crippen LogP contribution in [-0.2, 0) is 4.74 Å². The fourth-order valence-electron chi connectivity index (χ4n) is 4.01. The Labute approximate surface area is 66.4 Å². The maximum absolute atomic E-state index is 5.92. The molecule has 4 rings (SSSR count). The van der Waals surface area contributed by atoms with Gasteiger partial charge in [0.25, 0.3) is 0 Å². The zero-order valence-corrected chi connectivity index (χ0v) is 6.49. The molecular weight excluding hydrogens is 136 g/mol. The van der Waals surface area contributed by atoms with Crippen molar-refractivity contribution in [2.45, 2.75) is 18.4 Å². The molecule has 58 valence electrons. The highest BCUT2D eigenvalue weighted by atomic mass is 16.5. The summed E-state index contributed by atoms with van der Waals surface area (Å²) in [7, 11) is 0. The van der Waals surface area contributed by atoms with E-state index in [1.54, 1.807) is 0 Å². The third-order valence-electron chi connectivity index (χ3n) is 4.36. The molecule has 0 aromatic heterocycles. The van der Waals surface area contributed by atoms with Crippen LogP contribution in [0.2, 0.25) is 0 Å². The standard InChI is InChI=1S/C10H12O/c1-2-8-9-6(1)5-7-3-4-11-10(7,8)9/h1-2,6-9H,3-5H2. The van der Waals surface area contributed by atoms with Crippen molar-refractivity contribution in [1.82, 2.24) is 0 Å². The zero-order valence-electron chi connectivity index (χ0n) is 6.49. The van der Waals surface area contributed by atoms with Crippen LogP contribution in [0.5, 0.6) is 0 Å². The van der Waals surface area contributed by atoms with E-state index >= 15 is 0 Å². The highest BCUT2D eigenvalue weighted by molar-refractivity contribution is 5.37. The van der Waals surface area contributed by atoms with Crippen LogP contribution in [0.1, 0.15) is 12.8 Å². The molecule has 0 N–H and O–H groups in total. The molecular formula is C10H12O. The largest absolute Gasteiger partial charge is 0.374 e. The van der Waals surface area contributed by atoms with Gasteiger partial charge in [-0.1, -0.05) is 12.2 Å². The van der Waals surface area contributed by atoms with E-state index in [9.17, 15) is 0 Å². The number of rotatable bonds is 0. The lowest BCUT2D eigenvalue weighted by Crippen LogP contribution is -2.17. The Kier molecular flexibility index (Phi) is 0.637. The summed E-state index contributed by atoms with van der Waals surface area (Å²) in [5, 5.41) is 0. The molecule has 0 aromatic rings. The van der Waals surface area contributed by atoms with Gasteiger partial charge in [-0.3, -0.25) is 0 Å². The summed E-state index contributed by atoms with van der Waals surface area (Å²) >= 11 is 0. The van der Waals surface area contributed by atoms with Crippen molar-refractivity contribution in [2.75, 3.05) is 6.61 Å². The van der Waals surface area contributed by atoms with Crippen molar-refractivity contribution in [3.8, 4) is 0 Å². The van der Waals surface area contributed by atoms with E-state index in [-0.39, 0.29) is 0 Å². The normalized spacial score (nSPS) is 68.4. The fourth-order valence-corrected chi connectivity index (χ4v) is 4.01. The van der Waals surface area contributed by atoms with Gasteiger partial charge >= 0.3 is 0 Å². The van der Waals surface area contributed by atoms with Crippen molar-refractivity contribution < 1.29 is 4.74 Å². The molecule has 0 radical (unpaired) electrons. The molecule has 1 heteroatoms. The Morgan fingerprint density at radius 1 is 1.36 bits per heavy atom. The highest BCUT2D eigenvalue weighted by Crippen LogP contribution is 2.74. The van der Waals surface area contributed by atoms with Gasteiger partial charge < -0.3 is 4.74 Å². The second-order valence-corrected chi connectivity index (χ2v) is 4.52. The van der Waals surface area contributed by atoms with Gasteiger partial charge in [0.15, 0.2) is 0 Å². The first-order chi connectivity index (χ1) is 5.43. The van der Waals surface area contributed by atoms with Crippen LogP contribution in [0.4, 0.5) is 0 Å². The van der Waals surface area contributed by atoms with Crippen LogP contribution in [0.15, 0.2) is 12.2 Å². The van der Waals surface area contributed by atoms with E-state index in [0.29, 0.717) is 5.60 Å². The van der Waals surface area contributed by atoms with Gasteiger partial charge in [-0.2, -0.15) is 0 Å². The minimum absolute atomic E-state index is 0.402. The van der Waals surface area contributed by atoms with Gasteiger partial charge in [-0.15, -0.1) is 0 Å². The van der Waals surface area contributed by atoms with Crippen LogP contribution in [0, 0.1) is 23.7 Å². The predicted molar refractivity (Wildman–Crippen MR) is 41.0 cm³/mol. The van der Waals surface area contributed by atoms with Crippen LogP contribution >= 0.6 is 0 Å². The van der Waals surface area contributed by atoms with E-state index in [0.717, 1.165) is 30.3 Å². The summed E-state index contributed by atoms with van der Waals surface area (Å²) in [6, 6.07) is 0. The molecule has 3 aliphatic carbocycles. The highest BCUT2D eigenvalue weighted by Gasteiger charge is 2.77. The molecule has 1 heterocycles. The van der Waals surface area contributed by atoms with Crippen LogP contribution < -0.4 is 0 Å². The number of ether oxygens (including phenoxy) is 1. The lowest BCUT2D eigenvalue weighted by Gasteiger charge is -2.12. The van der Waals surface area contributed by atoms with Crippen LogP contribution in [-0.4, -0.2) is 12.2 Å². The summed E-state index contributed by atoms with van der Waals surface area (Å²) in [6.07, 6.45) is 7.62. The Hall–Kier alpha value is -0.300. The molecule has 2 saturated carbocycles. The molecule has 0 bridgehead atoms. The third kappa shape index (κ3) is 0.365. The van der Waals surface area contributed by atoms with Crippen LogP contribution in [0.25, 0.3) is 0 Å². The fraction of sp³-hybridized carbons (Fsp3) is 0.800. The van der Waals surface area contributed by atoms with Gasteiger partial charge in [0, 0.05) is 18.4 Å². The quantitative estimate of drug-likeness (QED) is 0.474. The van der Waals surface area contributed by atoms with Crippen molar-refractivity contribution in [2.24, 2.45) is 23.7 Å². The number of hydrogen-bond donors (Lipinski definition) is 0. The maximum atomic E-state index is 5.92. The topological polar surface area (TPSA) is 9.23 Å². The summed E-state index contributed by atoms with van der Waals surface area (Å²) in [5.41, 5.74) is 0.402. The van der Waals surface area contributed by atoms with Crippen molar-refractivity contribution in [3.05, 3.63) is 12.2 Å². The Balaban J connectivity index is 1.90. The van der Waals surface area contributed by atoms with E-state index < -0.39 is 0 Å². The summed E-state index contributed by atoms with van der Waals surface area (Å²) < 4.78 is 5.92. The third-order valence-corrected chi connectivity index (χ3v) is 4.36. The van der Waals surface area contributed by atoms with Crippen molar-refractivity contribution >= 4 is 0 Å². The van der Waals surface area contributed by atoms with Gasteiger partial charge in [0.1, 0.15) is 0 Å². The van der Waals surface area contributed by atoms with E-state index in [2.05, 4.69) is 12.2 Å². The molecule has 0 amide bonds. The second-order valence-electron chi connectivity index (χ2n) is 4.52. The average Bonchev–Trinajstić information content (AvgIpc) is 2.31. The molecule has 1 nitrogen and oxygen atoms in total. The van der Waals surface area contributed by atoms with Gasteiger partial charge in [0.2, 0.25) is 0 Å². The second kappa shape index (κ2) is 1.31. The molecule has 1 aliphatic heterocycles. The molecule has 0 aromatic carbocycles. The first-order valence-electron chi connectivity index (χ1n) is 4.75. The molecule has 3 fully saturated rings. The lowest BCUT2D eigenvalue weighted by atomic mass is 9.96. The van der Waals surface area contributed by atoms with E-state index in [1.807, 2.05) is 0 Å². The Bertz CT molecular complexity index is 254. The maximum Gasteiger partial charge on any atom is 0.0818 e. The first-order valence-corrected chi connectivity index (χ1v) is 4.75. The summed E-state index contributed by atoms with van der Waals surface area (Å²) in [6.45, 7) is 1.04. The minimum atomic E-state index is 0.402. The Morgan fingerprint density at radius 2 is 2.36 bits per heavy atom. The lowest BCUT2D eigenvalue weighted by molar-refractivity contribution is 0.0600. The first kappa shape index (κ1) is 5.36. The molecule has 4 aliphatic rings. The van der Waals surface area contributed by atoms with Gasteiger partial charge in [0.05, 0.1) is 5.60 Å². The average molecular weight is 148 g/mol. The number of allylic oxidation sites excluding steroid dienone is 1. The van der Waals surface area contributed by atoms with Gasteiger partial charge in [-0.05, 0) is 24.7 Å². The molecule has 5 unspecified atom stereocenters. The number of hydrogen-bond acceptors (Lipinski definition) is 1. The zero-order chi connectivity index (χ0) is 7.05. The summed E-state index contributed by atoms with van der Waals surface area (Å²) in [4.78, 5) is 0. The predicted octanol–water partition coefficient (Wildman–Crippen LogP) is 1.60. The van der Waals surface area contributed by atoms with Crippen molar-refractivity contribution in [1.29, 1.82) is 0 Å².